The zero-order valence-electron chi connectivity index (χ0n) is 8.07. The maximum Gasteiger partial charge on any atom is 0.0654 e. The third kappa shape index (κ3) is 3.44. The first-order chi connectivity index (χ1) is 6.20. The van der Waals surface area contributed by atoms with E-state index in [4.69, 9.17) is 5.11 Å². The van der Waals surface area contributed by atoms with Crippen LogP contribution in [-0.4, -0.2) is 24.8 Å². The van der Waals surface area contributed by atoms with Crippen molar-refractivity contribution in [1.29, 1.82) is 0 Å². The van der Waals surface area contributed by atoms with Gasteiger partial charge >= 0.3 is 0 Å². The summed E-state index contributed by atoms with van der Waals surface area (Å²) < 4.78 is 0. The van der Waals surface area contributed by atoms with E-state index in [1.807, 2.05) is 42.4 Å². The molecule has 0 heterocycles. The Morgan fingerprint density at radius 1 is 1.38 bits per heavy atom. The molecule has 1 atom stereocenters. The summed E-state index contributed by atoms with van der Waals surface area (Å²) in [6.07, 6.45) is -0.328. The molecule has 0 saturated carbocycles. The number of benzene rings is 1. The first kappa shape index (κ1) is 10.0. The highest BCUT2D eigenvalue weighted by Gasteiger charge is 1.99. The molecule has 1 aromatic carbocycles. The molecule has 0 bridgehead atoms. The van der Waals surface area contributed by atoms with Gasteiger partial charge in [-0.1, -0.05) is 18.2 Å². The lowest BCUT2D eigenvalue weighted by atomic mass is 10.3. The molecule has 0 aliphatic carbocycles. The second kappa shape index (κ2) is 4.84. The summed E-state index contributed by atoms with van der Waals surface area (Å²) in [5.74, 6) is 0. The molecule has 13 heavy (non-hydrogen) atoms. The van der Waals surface area contributed by atoms with Crippen molar-refractivity contribution in [2.45, 2.75) is 13.0 Å². The van der Waals surface area contributed by atoms with Crippen molar-refractivity contribution >= 4 is 5.69 Å². The number of nitrogens with one attached hydrogen (secondary N) is 1. The molecule has 1 aromatic rings. The average molecular weight is 180 g/mol. The lowest BCUT2D eigenvalue weighted by Gasteiger charge is -2.21. The summed E-state index contributed by atoms with van der Waals surface area (Å²) >= 11 is 0. The molecule has 3 heteroatoms. The van der Waals surface area contributed by atoms with E-state index in [0.29, 0.717) is 6.54 Å². The van der Waals surface area contributed by atoms with Gasteiger partial charge in [-0.15, -0.1) is 0 Å². The van der Waals surface area contributed by atoms with Crippen LogP contribution >= 0.6 is 0 Å². The lowest BCUT2D eigenvalue weighted by molar-refractivity contribution is 0.191. The highest BCUT2D eigenvalue weighted by molar-refractivity contribution is 5.43. The molecule has 1 rings (SSSR count). The van der Waals surface area contributed by atoms with Crippen molar-refractivity contribution in [1.82, 2.24) is 5.43 Å². The molecule has 72 valence electrons. The standard InChI is InChI=1S/C10H16N2O/c1-9(13)8-11-12(2)10-6-4-3-5-7-10/h3-7,9,11,13H,8H2,1-2H3. The van der Waals surface area contributed by atoms with Crippen LogP contribution < -0.4 is 10.4 Å². The summed E-state index contributed by atoms with van der Waals surface area (Å²) in [6.45, 7) is 2.32. The van der Waals surface area contributed by atoms with Crippen LogP contribution in [0.15, 0.2) is 30.3 Å². The van der Waals surface area contributed by atoms with E-state index in [0.717, 1.165) is 5.69 Å². The Balaban J connectivity index is 2.44. The number of hydrogen-bond acceptors (Lipinski definition) is 3. The van der Waals surface area contributed by atoms with Gasteiger partial charge in [0.15, 0.2) is 0 Å². The van der Waals surface area contributed by atoms with Gasteiger partial charge in [0.05, 0.1) is 11.8 Å². The number of aliphatic hydroxyl groups is 1. The molecule has 3 nitrogen and oxygen atoms in total. The quantitative estimate of drug-likeness (QED) is 0.679. The normalized spacial score (nSPS) is 12.5. The smallest absolute Gasteiger partial charge is 0.0654 e. The van der Waals surface area contributed by atoms with Crippen molar-refractivity contribution < 1.29 is 5.11 Å². The Morgan fingerprint density at radius 3 is 2.54 bits per heavy atom. The summed E-state index contributed by atoms with van der Waals surface area (Å²) in [6, 6.07) is 9.96. The topological polar surface area (TPSA) is 35.5 Å². The van der Waals surface area contributed by atoms with Crippen LogP contribution in [0.1, 0.15) is 6.92 Å². The number of anilines is 1. The van der Waals surface area contributed by atoms with Crippen molar-refractivity contribution in [3.05, 3.63) is 30.3 Å². The van der Waals surface area contributed by atoms with Gasteiger partial charge in [0.2, 0.25) is 0 Å². The fourth-order valence-electron chi connectivity index (χ4n) is 1.01. The predicted molar refractivity (Wildman–Crippen MR) is 54.5 cm³/mol. The molecule has 0 spiro atoms. The molecule has 0 aliphatic rings. The van der Waals surface area contributed by atoms with E-state index in [2.05, 4.69) is 5.43 Å². The van der Waals surface area contributed by atoms with Crippen LogP contribution in [0.3, 0.4) is 0 Å². The number of nitrogens with zero attached hydrogens (tertiary/aromatic N) is 1. The van der Waals surface area contributed by atoms with Gasteiger partial charge in [-0.25, -0.2) is 5.43 Å². The van der Waals surface area contributed by atoms with Gasteiger partial charge in [-0.05, 0) is 19.1 Å². The summed E-state index contributed by atoms with van der Waals surface area (Å²) in [5, 5.41) is 11.0. The fraction of sp³-hybridized carbons (Fsp3) is 0.400. The molecule has 0 radical (unpaired) electrons. The molecular formula is C10H16N2O. The highest BCUT2D eigenvalue weighted by atomic mass is 16.3. The zero-order chi connectivity index (χ0) is 9.68. The third-order valence-electron chi connectivity index (χ3n) is 1.77. The van der Waals surface area contributed by atoms with E-state index in [-0.39, 0.29) is 6.10 Å². The zero-order valence-corrected chi connectivity index (χ0v) is 8.07. The van der Waals surface area contributed by atoms with Crippen molar-refractivity contribution in [3.63, 3.8) is 0 Å². The SMILES string of the molecule is CC(O)CNN(C)c1ccccc1. The van der Waals surface area contributed by atoms with E-state index in [1.54, 1.807) is 6.92 Å². The van der Waals surface area contributed by atoms with Crippen LogP contribution in [0.4, 0.5) is 5.69 Å². The Labute approximate surface area is 79.0 Å². The minimum atomic E-state index is -0.328. The lowest BCUT2D eigenvalue weighted by Crippen LogP contribution is -2.38. The van der Waals surface area contributed by atoms with E-state index in [9.17, 15) is 0 Å². The van der Waals surface area contributed by atoms with Gasteiger partial charge < -0.3 is 10.1 Å². The highest BCUT2D eigenvalue weighted by Crippen LogP contribution is 2.07. The first-order valence-electron chi connectivity index (χ1n) is 4.40. The minimum absolute atomic E-state index is 0.328. The van der Waals surface area contributed by atoms with Crippen LogP contribution in [0.2, 0.25) is 0 Å². The monoisotopic (exact) mass is 180 g/mol. The summed E-state index contributed by atoms with van der Waals surface area (Å²) in [7, 11) is 1.93. The number of rotatable bonds is 4. The van der Waals surface area contributed by atoms with Crippen LogP contribution in [0, 0.1) is 0 Å². The van der Waals surface area contributed by atoms with Crippen molar-refractivity contribution in [2.75, 3.05) is 18.6 Å². The molecule has 2 N–H and O–H groups in total. The second-order valence-corrected chi connectivity index (χ2v) is 3.11. The van der Waals surface area contributed by atoms with Gasteiger partial charge in [0.1, 0.15) is 0 Å². The summed E-state index contributed by atoms with van der Waals surface area (Å²) in [5.41, 5.74) is 4.17. The van der Waals surface area contributed by atoms with Gasteiger partial charge in [-0.3, -0.25) is 0 Å². The maximum atomic E-state index is 9.06. The number of aliphatic hydroxyl groups excluding tert-OH is 1. The fourth-order valence-corrected chi connectivity index (χ4v) is 1.01. The number of para-hydroxylation sites is 1. The molecule has 0 aliphatic heterocycles. The van der Waals surface area contributed by atoms with Crippen LogP contribution in [-0.2, 0) is 0 Å². The minimum Gasteiger partial charge on any atom is -0.392 e. The summed E-state index contributed by atoms with van der Waals surface area (Å²) in [4.78, 5) is 0. The number of hydrogen-bond donors (Lipinski definition) is 2. The Bertz CT molecular complexity index is 236. The van der Waals surface area contributed by atoms with Gasteiger partial charge in [0, 0.05) is 13.6 Å². The third-order valence-corrected chi connectivity index (χ3v) is 1.77. The molecule has 0 amide bonds. The average Bonchev–Trinajstić information content (AvgIpc) is 2.15. The number of hydrazine groups is 1. The Morgan fingerprint density at radius 2 is 2.00 bits per heavy atom. The molecular weight excluding hydrogens is 164 g/mol. The molecule has 0 saturated heterocycles. The van der Waals surface area contributed by atoms with Gasteiger partial charge in [-0.2, -0.15) is 0 Å². The van der Waals surface area contributed by atoms with E-state index >= 15 is 0 Å². The molecule has 0 fully saturated rings. The van der Waals surface area contributed by atoms with Crippen LogP contribution in [0.5, 0.6) is 0 Å². The maximum absolute atomic E-state index is 9.06. The van der Waals surface area contributed by atoms with Crippen molar-refractivity contribution in [2.24, 2.45) is 0 Å². The Hall–Kier alpha value is -1.06. The second-order valence-electron chi connectivity index (χ2n) is 3.11. The molecule has 1 unspecified atom stereocenters. The first-order valence-corrected chi connectivity index (χ1v) is 4.40. The largest absolute Gasteiger partial charge is 0.392 e. The molecule has 0 aromatic heterocycles. The van der Waals surface area contributed by atoms with Crippen LogP contribution in [0.25, 0.3) is 0 Å². The van der Waals surface area contributed by atoms with E-state index < -0.39 is 0 Å². The Kier molecular flexibility index (Phi) is 3.73. The van der Waals surface area contributed by atoms with E-state index in [1.165, 1.54) is 0 Å². The van der Waals surface area contributed by atoms with Crippen molar-refractivity contribution in [3.8, 4) is 0 Å². The van der Waals surface area contributed by atoms with Gasteiger partial charge in [0.25, 0.3) is 0 Å². The predicted octanol–water partition coefficient (Wildman–Crippen LogP) is 1.01.